The van der Waals surface area contributed by atoms with Crippen LogP contribution in [0.4, 0.5) is 0 Å². The molecule has 1 N–H and O–H groups in total. The fourth-order valence-electron chi connectivity index (χ4n) is 2.89. The van der Waals surface area contributed by atoms with E-state index in [-0.39, 0.29) is 5.91 Å². The molecule has 1 unspecified atom stereocenters. The van der Waals surface area contributed by atoms with E-state index in [0.29, 0.717) is 11.5 Å². The van der Waals surface area contributed by atoms with Crippen LogP contribution in [0.1, 0.15) is 11.1 Å². The van der Waals surface area contributed by atoms with Crippen molar-refractivity contribution in [2.45, 2.75) is 6.42 Å². The molecule has 1 atom stereocenters. The van der Waals surface area contributed by atoms with E-state index in [1.807, 2.05) is 66.7 Å². The summed E-state index contributed by atoms with van der Waals surface area (Å²) >= 11 is 0. The quantitative estimate of drug-likeness (QED) is 0.639. The molecule has 0 saturated carbocycles. The highest BCUT2D eigenvalue weighted by molar-refractivity contribution is 7.93. The summed E-state index contributed by atoms with van der Waals surface area (Å²) in [5, 5.41) is 0. The highest BCUT2D eigenvalue weighted by atomic mass is 32.2. The van der Waals surface area contributed by atoms with Crippen LogP contribution in [0.2, 0.25) is 0 Å². The molecule has 29 heavy (non-hydrogen) atoms. The third-order valence-corrected chi connectivity index (χ3v) is 5.50. The van der Waals surface area contributed by atoms with Crippen molar-refractivity contribution in [2.24, 2.45) is 0 Å². The Morgan fingerprint density at radius 1 is 0.793 bits per heavy atom. The Kier molecular flexibility index (Phi) is 5.72. The van der Waals surface area contributed by atoms with E-state index in [2.05, 4.69) is 4.72 Å². The number of para-hydroxylation sites is 1. The smallest absolute Gasteiger partial charge is 0.257 e. The van der Waals surface area contributed by atoms with Crippen LogP contribution in [0.25, 0.3) is 4.91 Å². The SMILES string of the molecule is O=C1C=C(c2ccc(OCCc3ccc(Oc4ccccc4)cc3)cc2)S(=O)N1. The van der Waals surface area contributed by atoms with Gasteiger partial charge in [-0.2, -0.15) is 0 Å². The van der Waals surface area contributed by atoms with Gasteiger partial charge in [-0.25, -0.2) is 4.21 Å². The zero-order chi connectivity index (χ0) is 20.1. The van der Waals surface area contributed by atoms with Gasteiger partial charge in [0.15, 0.2) is 11.0 Å². The molecule has 1 heterocycles. The summed E-state index contributed by atoms with van der Waals surface area (Å²) < 4.78 is 25.7. The van der Waals surface area contributed by atoms with Gasteiger partial charge in [-0.3, -0.25) is 9.52 Å². The maximum atomic E-state index is 11.8. The van der Waals surface area contributed by atoms with Crippen LogP contribution in [0, 0.1) is 0 Å². The second-order valence-electron chi connectivity index (χ2n) is 6.43. The predicted molar refractivity (Wildman–Crippen MR) is 113 cm³/mol. The van der Waals surface area contributed by atoms with Gasteiger partial charge in [0.05, 0.1) is 11.5 Å². The summed E-state index contributed by atoms with van der Waals surface area (Å²) in [4.78, 5) is 11.8. The molecular weight excluding hydrogens is 386 g/mol. The number of carbonyl (C=O) groups is 1. The highest BCUT2D eigenvalue weighted by Gasteiger charge is 2.20. The van der Waals surface area contributed by atoms with E-state index >= 15 is 0 Å². The lowest BCUT2D eigenvalue weighted by molar-refractivity contribution is -0.114. The van der Waals surface area contributed by atoms with E-state index in [1.54, 1.807) is 12.1 Å². The number of rotatable bonds is 7. The molecule has 4 rings (SSSR count). The van der Waals surface area contributed by atoms with Crippen LogP contribution < -0.4 is 14.2 Å². The maximum absolute atomic E-state index is 11.8. The molecular formula is C23H19NO4S. The van der Waals surface area contributed by atoms with E-state index in [1.165, 1.54) is 6.08 Å². The van der Waals surface area contributed by atoms with Gasteiger partial charge in [0.2, 0.25) is 0 Å². The van der Waals surface area contributed by atoms with Gasteiger partial charge >= 0.3 is 0 Å². The largest absolute Gasteiger partial charge is 0.493 e. The number of nitrogens with one attached hydrogen (secondary N) is 1. The molecule has 1 aliphatic heterocycles. The van der Waals surface area contributed by atoms with Gasteiger partial charge in [0.25, 0.3) is 5.91 Å². The molecule has 0 saturated heterocycles. The number of carbonyl (C=O) groups excluding carboxylic acids is 1. The Labute approximate surface area is 171 Å². The molecule has 0 aromatic heterocycles. The molecule has 5 nitrogen and oxygen atoms in total. The van der Waals surface area contributed by atoms with Crippen molar-refractivity contribution >= 4 is 21.8 Å². The van der Waals surface area contributed by atoms with Gasteiger partial charge in [-0.15, -0.1) is 0 Å². The number of hydrogen-bond donors (Lipinski definition) is 1. The molecule has 0 fully saturated rings. The molecule has 3 aromatic rings. The first kappa shape index (κ1) is 19.0. The Balaban J connectivity index is 1.28. The van der Waals surface area contributed by atoms with E-state index in [9.17, 15) is 9.00 Å². The van der Waals surface area contributed by atoms with Gasteiger partial charge in [0.1, 0.15) is 17.2 Å². The van der Waals surface area contributed by atoms with Crippen molar-refractivity contribution in [3.05, 3.63) is 96.1 Å². The number of hydrogen-bond acceptors (Lipinski definition) is 4. The van der Waals surface area contributed by atoms with Crippen molar-refractivity contribution in [3.63, 3.8) is 0 Å². The summed E-state index contributed by atoms with van der Waals surface area (Å²) in [6.07, 6.45) is 2.12. The van der Waals surface area contributed by atoms with Crippen LogP contribution in [0.5, 0.6) is 17.2 Å². The lowest BCUT2D eigenvalue weighted by atomic mass is 10.1. The lowest BCUT2D eigenvalue weighted by Crippen LogP contribution is -2.16. The molecule has 6 heteroatoms. The van der Waals surface area contributed by atoms with Crippen LogP contribution in [-0.4, -0.2) is 16.7 Å². The summed E-state index contributed by atoms with van der Waals surface area (Å²) in [6.45, 7) is 0.535. The first-order chi connectivity index (χ1) is 14.2. The molecule has 1 amide bonds. The summed E-state index contributed by atoms with van der Waals surface area (Å²) in [6, 6.07) is 24.8. The van der Waals surface area contributed by atoms with Crippen LogP contribution in [0.3, 0.4) is 0 Å². The Hall–Kier alpha value is -3.38. The molecule has 0 bridgehead atoms. The average molecular weight is 405 g/mol. The zero-order valence-corrected chi connectivity index (χ0v) is 16.4. The summed E-state index contributed by atoms with van der Waals surface area (Å²) in [5.41, 5.74) is 1.89. The molecule has 1 aliphatic rings. The summed E-state index contributed by atoms with van der Waals surface area (Å²) in [7, 11) is -1.48. The predicted octanol–water partition coefficient (Wildman–Crippen LogP) is 4.23. The molecule has 3 aromatic carbocycles. The standard InChI is InChI=1S/C23H19NO4S/c25-23-16-22(29(26)24-23)18-8-12-19(13-9-18)27-15-14-17-6-10-21(11-7-17)28-20-4-2-1-3-5-20/h1-13,16H,14-15H2,(H,24,25). The minimum Gasteiger partial charge on any atom is -0.493 e. The van der Waals surface area contributed by atoms with Crippen molar-refractivity contribution in [1.29, 1.82) is 0 Å². The summed E-state index contributed by atoms with van der Waals surface area (Å²) in [5.74, 6) is 1.99. The second-order valence-corrected chi connectivity index (χ2v) is 7.61. The van der Waals surface area contributed by atoms with Crippen LogP contribution >= 0.6 is 0 Å². The second kappa shape index (κ2) is 8.75. The maximum Gasteiger partial charge on any atom is 0.257 e. The monoisotopic (exact) mass is 405 g/mol. The van der Waals surface area contributed by atoms with Gasteiger partial charge in [-0.05, 0) is 47.5 Å². The van der Waals surface area contributed by atoms with E-state index in [4.69, 9.17) is 9.47 Å². The first-order valence-corrected chi connectivity index (χ1v) is 10.3. The molecule has 146 valence electrons. The van der Waals surface area contributed by atoms with Crippen molar-refractivity contribution in [3.8, 4) is 17.2 Å². The van der Waals surface area contributed by atoms with E-state index < -0.39 is 11.0 Å². The number of ether oxygens (including phenoxy) is 2. The lowest BCUT2D eigenvalue weighted by Gasteiger charge is -2.09. The van der Waals surface area contributed by atoms with Gasteiger partial charge < -0.3 is 9.47 Å². The fraction of sp³-hybridized carbons (Fsp3) is 0.0870. The highest BCUT2D eigenvalue weighted by Crippen LogP contribution is 2.24. The molecule has 0 radical (unpaired) electrons. The van der Waals surface area contributed by atoms with Crippen molar-refractivity contribution < 1.29 is 18.5 Å². The van der Waals surface area contributed by atoms with Gasteiger partial charge in [0, 0.05) is 12.5 Å². The average Bonchev–Trinajstić information content (AvgIpc) is 3.08. The van der Waals surface area contributed by atoms with Gasteiger partial charge in [-0.1, -0.05) is 42.5 Å². The third kappa shape index (κ3) is 4.92. The van der Waals surface area contributed by atoms with Crippen molar-refractivity contribution in [2.75, 3.05) is 6.61 Å². The van der Waals surface area contributed by atoms with E-state index in [0.717, 1.165) is 34.8 Å². The zero-order valence-electron chi connectivity index (χ0n) is 15.5. The number of benzene rings is 3. The Bertz CT molecular complexity index is 1040. The third-order valence-electron chi connectivity index (χ3n) is 4.36. The Morgan fingerprint density at radius 2 is 1.45 bits per heavy atom. The topological polar surface area (TPSA) is 64.6 Å². The normalized spacial score (nSPS) is 15.5. The number of amides is 1. The minimum atomic E-state index is -1.48. The molecule has 0 spiro atoms. The molecule has 0 aliphatic carbocycles. The minimum absolute atomic E-state index is 0.334. The van der Waals surface area contributed by atoms with Crippen molar-refractivity contribution in [1.82, 2.24) is 4.72 Å². The fourth-order valence-corrected chi connectivity index (χ4v) is 3.81. The van der Waals surface area contributed by atoms with Crippen LogP contribution in [0.15, 0.2) is 84.9 Å². The first-order valence-electron chi connectivity index (χ1n) is 9.16. The Morgan fingerprint density at radius 3 is 2.10 bits per heavy atom. The van der Waals surface area contributed by atoms with Crippen LogP contribution in [-0.2, 0) is 22.2 Å².